The first-order valence-corrected chi connectivity index (χ1v) is 37.6. The van der Waals surface area contributed by atoms with Gasteiger partial charge in [-0.05, 0) is 105 Å². The van der Waals surface area contributed by atoms with Crippen molar-refractivity contribution in [3.8, 4) is 23.2 Å². The number of aryl methyl sites for hydroxylation is 1. The molecule has 6 atom stereocenters. The lowest BCUT2D eigenvalue weighted by Gasteiger charge is -2.31. The van der Waals surface area contributed by atoms with E-state index in [4.69, 9.17) is 48.6 Å². The molecule has 10 amide bonds. The number of carbonyl (C=O) groups excluding carboxylic acids is 10. The van der Waals surface area contributed by atoms with E-state index in [2.05, 4.69) is 59.7 Å². The molecule has 1 unspecified atom stereocenters. The topological polar surface area (TPSA) is 488 Å². The molecule has 8 rings (SSSR count). The van der Waals surface area contributed by atoms with Crippen molar-refractivity contribution in [1.29, 1.82) is 0 Å². The van der Waals surface area contributed by atoms with Crippen molar-refractivity contribution in [1.82, 2.24) is 52.1 Å². The van der Waals surface area contributed by atoms with Gasteiger partial charge >= 0.3 is 18.1 Å². The second kappa shape index (κ2) is 41.1. The molecule has 0 fully saturated rings. The van der Waals surface area contributed by atoms with E-state index >= 15 is 4.39 Å². The number of nitrogens with two attached hydrogens (primary N) is 1. The van der Waals surface area contributed by atoms with Gasteiger partial charge in [-0.3, -0.25) is 42.9 Å². The Balaban J connectivity index is 0.720. The second-order valence-corrected chi connectivity index (χ2v) is 28.0. The number of pyridine rings is 2. The number of esters is 1. The summed E-state index contributed by atoms with van der Waals surface area (Å²) in [7, 11) is -4.89. The van der Waals surface area contributed by atoms with E-state index in [-0.39, 0.29) is 146 Å². The molecule has 594 valence electrons. The zero-order valence-electron chi connectivity index (χ0n) is 61.2. The third kappa shape index (κ3) is 24.9. The average molecular weight is 1550 g/mol. The van der Waals surface area contributed by atoms with Crippen LogP contribution in [0, 0.1) is 30.5 Å². The normalized spacial score (nSPS) is 17.0. The van der Waals surface area contributed by atoms with Gasteiger partial charge in [-0.2, -0.15) is 8.42 Å². The number of anilines is 1. The molecular formula is C72H95FN12O23S. The van der Waals surface area contributed by atoms with Crippen molar-refractivity contribution < 1.29 is 108 Å². The molecule has 2 aromatic carbocycles. The number of primary amides is 1. The van der Waals surface area contributed by atoms with E-state index in [1.807, 2.05) is 0 Å². The number of nitrogens with one attached hydrogen (secondary N) is 9. The molecule has 4 aromatic rings. The summed E-state index contributed by atoms with van der Waals surface area (Å²) in [4.78, 5) is 148. The molecule has 0 saturated heterocycles. The van der Waals surface area contributed by atoms with Gasteiger partial charge in [-0.25, -0.2) is 23.8 Å². The molecule has 4 heterocycles. The maximum atomic E-state index is 15.4. The Hall–Kier alpha value is -9.78. The molecule has 0 spiro atoms. The van der Waals surface area contributed by atoms with Gasteiger partial charge in [0.25, 0.3) is 15.7 Å². The number of rotatable bonds is 42. The van der Waals surface area contributed by atoms with Gasteiger partial charge < -0.3 is 101 Å². The third-order valence-corrected chi connectivity index (χ3v) is 19.0. The number of benzene rings is 2. The molecule has 2 aliphatic heterocycles. The predicted molar refractivity (Wildman–Crippen MR) is 386 cm³/mol. The van der Waals surface area contributed by atoms with Gasteiger partial charge in [0.1, 0.15) is 75.5 Å². The molecule has 0 radical (unpaired) electrons. The van der Waals surface area contributed by atoms with Crippen LogP contribution < -0.4 is 59.1 Å². The Bertz CT molecular complexity index is 4210. The lowest BCUT2D eigenvalue weighted by atomic mass is 9.81. The molecule has 2 aliphatic carbocycles. The number of halogens is 1. The maximum Gasteiger partial charge on any atom is 0.407 e. The highest BCUT2D eigenvalue weighted by molar-refractivity contribution is 7.85. The maximum absolute atomic E-state index is 15.4. The summed E-state index contributed by atoms with van der Waals surface area (Å²) in [5.74, 6) is -2.36. The number of amides is 10. The number of carbonyl (C=O) groups is 10. The van der Waals surface area contributed by atoms with Crippen LogP contribution in [0.25, 0.3) is 22.3 Å². The van der Waals surface area contributed by atoms with E-state index in [1.54, 1.807) is 33.8 Å². The van der Waals surface area contributed by atoms with Crippen LogP contribution in [0.1, 0.15) is 130 Å². The van der Waals surface area contributed by atoms with Crippen LogP contribution in [-0.4, -0.2) is 209 Å². The van der Waals surface area contributed by atoms with Crippen molar-refractivity contribution in [3.05, 3.63) is 91.5 Å². The number of aromatic nitrogens is 2. The summed E-state index contributed by atoms with van der Waals surface area (Å²) in [5.41, 5.74) is 6.82. The largest absolute Gasteiger partial charge is 0.458 e. The summed E-state index contributed by atoms with van der Waals surface area (Å²) in [6.45, 7) is 5.81. The fourth-order valence-electron chi connectivity index (χ4n) is 12.6. The summed E-state index contributed by atoms with van der Waals surface area (Å²) in [5, 5.41) is 34.8. The third-order valence-electron chi connectivity index (χ3n) is 18.3. The minimum Gasteiger partial charge on any atom is -0.458 e. The minimum atomic E-state index is -4.89. The minimum absolute atomic E-state index is 0.00191. The molecule has 0 bridgehead atoms. The molecule has 37 heteroatoms. The number of fused-ring (bicyclic) bond motifs is 5. The molecule has 109 heavy (non-hydrogen) atoms. The van der Waals surface area contributed by atoms with Crippen LogP contribution in [0.15, 0.2) is 41.2 Å². The quantitative estimate of drug-likeness (QED) is 0.00851. The highest BCUT2D eigenvalue weighted by Crippen LogP contribution is 2.46. The first kappa shape index (κ1) is 84.8. The molecule has 4 aliphatic rings. The van der Waals surface area contributed by atoms with Crippen molar-refractivity contribution in [2.24, 2.45) is 11.7 Å². The predicted octanol–water partition coefficient (Wildman–Crippen LogP) is 0.958. The molecule has 0 saturated carbocycles. The van der Waals surface area contributed by atoms with Crippen LogP contribution in [0.2, 0.25) is 0 Å². The second-order valence-electron chi connectivity index (χ2n) is 26.5. The van der Waals surface area contributed by atoms with Crippen molar-refractivity contribution >= 4 is 86.2 Å². The first-order chi connectivity index (χ1) is 52.1. The van der Waals surface area contributed by atoms with Gasteiger partial charge in [0.05, 0.1) is 87.9 Å². The van der Waals surface area contributed by atoms with Gasteiger partial charge in [0, 0.05) is 54.2 Å². The van der Waals surface area contributed by atoms with Gasteiger partial charge in [-0.15, -0.1) is 5.92 Å². The van der Waals surface area contributed by atoms with Crippen molar-refractivity contribution in [3.63, 3.8) is 0 Å². The number of urea groups is 1. The average Bonchev–Trinajstić information content (AvgIpc) is 1.58. The van der Waals surface area contributed by atoms with E-state index in [0.29, 0.717) is 64.0 Å². The SMILES string of the molecule is CC[C@@]1(O)C(=O)OCc2c1cc1n(c2=O)Cc2c-1nc1cc(F)c(C)c3c1c2[C@@H](NC(=O)COCNC(=O)CNC(=O)OCc1ccc(NC(=O)[C@H](CCCNC(N)=O)NC(=O)[C@@H](NC(=O)[C@H](CS(=O)(=O)O)NC(=O)CCOCCOCCOCCOCCNC(=O)COC2C#CCCCCC2)C(C)C)cc1)CC3. The van der Waals surface area contributed by atoms with E-state index < -0.39 is 136 Å². The molecule has 2 aromatic heterocycles. The van der Waals surface area contributed by atoms with E-state index in [0.717, 1.165) is 32.1 Å². The number of alkyl carbamates (subject to hydrolysis) is 1. The van der Waals surface area contributed by atoms with Crippen molar-refractivity contribution in [2.45, 2.75) is 154 Å². The summed E-state index contributed by atoms with van der Waals surface area (Å²) in [6.07, 6.45) is 3.98. The lowest BCUT2D eigenvalue weighted by molar-refractivity contribution is -0.172. The molecular weight excluding hydrogens is 1450 g/mol. The lowest BCUT2D eigenvalue weighted by Crippen LogP contribution is -2.59. The fourth-order valence-corrected chi connectivity index (χ4v) is 13.2. The summed E-state index contributed by atoms with van der Waals surface area (Å²) >= 11 is 0. The fraction of sp³-hybridized carbons (Fsp3) is 0.556. The van der Waals surface area contributed by atoms with E-state index in [9.17, 15) is 70.8 Å². The highest BCUT2D eigenvalue weighted by Gasteiger charge is 2.46. The van der Waals surface area contributed by atoms with Gasteiger partial charge in [-0.1, -0.05) is 45.2 Å². The van der Waals surface area contributed by atoms with Crippen LogP contribution in [0.4, 0.5) is 19.7 Å². The Kier molecular flexibility index (Phi) is 32.0. The summed E-state index contributed by atoms with van der Waals surface area (Å²) < 4.78 is 94.1. The number of nitrogens with zero attached hydrogens (tertiary/aromatic N) is 2. The van der Waals surface area contributed by atoms with Crippen LogP contribution >= 0.6 is 0 Å². The zero-order chi connectivity index (χ0) is 78.8. The zero-order valence-corrected chi connectivity index (χ0v) is 62.0. The van der Waals surface area contributed by atoms with Gasteiger partial charge in [0.2, 0.25) is 41.4 Å². The first-order valence-electron chi connectivity index (χ1n) is 36.0. The Morgan fingerprint density at radius 1 is 0.780 bits per heavy atom. The Labute approximate surface area is 627 Å². The monoisotopic (exact) mass is 1550 g/mol. The smallest absolute Gasteiger partial charge is 0.407 e. The molecule has 35 nitrogen and oxygen atoms in total. The number of ether oxygens (including phenoxy) is 8. The number of hydrogen-bond donors (Lipinski definition) is 12. The van der Waals surface area contributed by atoms with Gasteiger partial charge in [0.15, 0.2) is 5.60 Å². The Morgan fingerprint density at radius 2 is 1.50 bits per heavy atom. The highest BCUT2D eigenvalue weighted by atomic mass is 32.2. The number of aliphatic hydroxyl groups is 1. The van der Waals surface area contributed by atoms with Crippen LogP contribution in [0.5, 0.6) is 0 Å². The number of cyclic esters (lactones) is 1. The van der Waals surface area contributed by atoms with E-state index in [1.165, 1.54) is 34.9 Å². The Morgan fingerprint density at radius 3 is 2.19 bits per heavy atom. The molecule has 13 N–H and O–H groups in total. The number of hydrogen-bond acceptors (Lipinski definition) is 23. The standard InChI is InChI=1S/C72H95FN12O23S/c1-5-72(97)50-32-56-64-48(35-85(56)68(93)49(50)37-107-69(72)94)62-52(20-19-47-43(4)51(73)33-54(82-64)61(47)62)80-60(89)38-105-41-78-58(87)34-77-71(96)108-36-44-15-17-45(18-16-44)79-65(90)53(14-11-22-76-70(74)95)83-67(92)63(42(2)3)84-66(91)55(40-109(98,99)100)81-57(86)21-24-101-26-28-103-30-31-104-29-27-102-25-23-75-59(88)39-106-46-12-9-7-6-8-10-13-46/h15-18,32-33,42,46,52-53,55,63,97H,5-9,11-12,14,19-31,34-41H2,1-4H3,(H,75,88)(H,77,96)(H,78,87)(H,79,90)(H,80,89)(H,81,86)(H,83,92)(H,84,91)(H3,74,76,95)(H,98,99,100)/t46?,52-,53-,55-,63-,72-/m0/s1. The van der Waals surface area contributed by atoms with Crippen LogP contribution in [-0.2, 0) is 118 Å². The van der Waals surface area contributed by atoms with Crippen LogP contribution in [0.3, 0.4) is 0 Å². The summed E-state index contributed by atoms with van der Waals surface area (Å²) in [6, 6.07) is 2.63. The van der Waals surface area contributed by atoms with Crippen molar-refractivity contribution in [2.75, 3.05) is 104 Å².